The molecule has 148 valence electrons. The molecule has 0 N–H and O–H groups in total. The fourth-order valence-corrected chi connectivity index (χ4v) is 3.98. The van der Waals surface area contributed by atoms with Gasteiger partial charge in [0.2, 0.25) is 5.79 Å². The van der Waals surface area contributed by atoms with Gasteiger partial charge < -0.3 is 9.47 Å². The number of methoxy groups -OCH3 is 1. The molecule has 2 atom stereocenters. The molecule has 27 heavy (non-hydrogen) atoms. The van der Waals surface area contributed by atoms with Crippen molar-refractivity contribution < 1.29 is 9.47 Å². The Morgan fingerprint density at radius 2 is 1.37 bits per heavy atom. The van der Waals surface area contributed by atoms with Crippen LogP contribution in [0.15, 0.2) is 60.7 Å². The Hall–Kier alpha value is -1.64. The Morgan fingerprint density at radius 1 is 0.778 bits per heavy atom. The number of hydrogen-bond acceptors (Lipinski definition) is 2. The number of hydrogen-bond donors (Lipinski definition) is 0. The van der Waals surface area contributed by atoms with E-state index in [9.17, 15) is 0 Å². The minimum absolute atomic E-state index is 0.164. The molecule has 0 aliphatic carbocycles. The average Bonchev–Trinajstić information content (AvgIpc) is 2.73. The zero-order valence-electron chi connectivity index (χ0n) is 17.3. The van der Waals surface area contributed by atoms with Crippen molar-refractivity contribution in [2.45, 2.75) is 70.5 Å². The first kappa shape index (κ1) is 21.7. The monoisotopic (exact) mass is 368 g/mol. The van der Waals surface area contributed by atoms with Crippen molar-refractivity contribution in [2.75, 3.05) is 13.7 Å². The maximum absolute atomic E-state index is 6.35. The first-order valence-electron chi connectivity index (χ1n) is 10.6. The zero-order valence-corrected chi connectivity index (χ0v) is 17.3. The summed E-state index contributed by atoms with van der Waals surface area (Å²) in [5, 5.41) is 0. The third-order valence-corrected chi connectivity index (χ3v) is 5.35. The Labute approximate surface area is 165 Å². The summed E-state index contributed by atoms with van der Waals surface area (Å²) in [5.41, 5.74) is 2.37. The van der Waals surface area contributed by atoms with Gasteiger partial charge in [-0.1, -0.05) is 106 Å². The van der Waals surface area contributed by atoms with Gasteiger partial charge in [-0.25, -0.2) is 0 Å². The van der Waals surface area contributed by atoms with E-state index in [1.807, 2.05) is 13.0 Å². The van der Waals surface area contributed by atoms with Gasteiger partial charge in [0.05, 0.1) is 0 Å². The third-order valence-electron chi connectivity index (χ3n) is 5.35. The lowest BCUT2D eigenvalue weighted by Crippen LogP contribution is -2.39. The van der Waals surface area contributed by atoms with E-state index < -0.39 is 5.79 Å². The van der Waals surface area contributed by atoms with Gasteiger partial charge in [0.1, 0.15) is 0 Å². The first-order chi connectivity index (χ1) is 13.3. The van der Waals surface area contributed by atoms with Gasteiger partial charge >= 0.3 is 0 Å². The van der Waals surface area contributed by atoms with Gasteiger partial charge in [0, 0.05) is 25.2 Å². The minimum Gasteiger partial charge on any atom is -0.349 e. The zero-order chi connectivity index (χ0) is 19.4. The average molecular weight is 369 g/mol. The normalized spacial score (nSPS) is 14.6. The topological polar surface area (TPSA) is 18.5 Å². The fraction of sp³-hybridized carbons (Fsp3) is 0.520. The SMILES string of the molecule is CCCCCCCCC(c1ccccc1)C(OC)(OCC)c1ccccc1. The van der Waals surface area contributed by atoms with Crippen LogP contribution in [0.25, 0.3) is 0 Å². The lowest BCUT2D eigenvalue weighted by molar-refractivity contribution is -0.246. The second-order valence-corrected chi connectivity index (χ2v) is 7.19. The fourth-order valence-electron chi connectivity index (χ4n) is 3.98. The van der Waals surface area contributed by atoms with Crippen molar-refractivity contribution in [3.8, 4) is 0 Å². The van der Waals surface area contributed by atoms with E-state index in [0.29, 0.717) is 6.61 Å². The molecule has 0 aliphatic rings. The minimum atomic E-state index is -0.749. The van der Waals surface area contributed by atoms with Crippen LogP contribution in [-0.4, -0.2) is 13.7 Å². The maximum atomic E-state index is 6.35. The van der Waals surface area contributed by atoms with E-state index in [0.717, 1.165) is 12.0 Å². The maximum Gasteiger partial charge on any atom is 0.201 e. The molecular weight excluding hydrogens is 332 g/mol. The molecule has 2 aromatic carbocycles. The standard InChI is InChI=1S/C25H36O2/c1-4-6-7-8-9-16-21-24(22-17-12-10-13-18-22)25(26-3,27-5-2)23-19-14-11-15-20-23/h10-15,17-20,24H,4-9,16,21H2,1-3H3. The summed E-state index contributed by atoms with van der Waals surface area (Å²) in [6, 6.07) is 21.1. The van der Waals surface area contributed by atoms with E-state index in [1.165, 1.54) is 44.1 Å². The highest BCUT2D eigenvalue weighted by Gasteiger charge is 2.42. The highest BCUT2D eigenvalue weighted by molar-refractivity contribution is 5.29. The largest absolute Gasteiger partial charge is 0.349 e. The Bertz CT molecular complexity index is 611. The molecule has 0 bridgehead atoms. The van der Waals surface area contributed by atoms with Crippen LogP contribution in [0.1, 0.15) is 75.8 Å². The van der Waals surface area contributed by atoms with E-state index >= 15 is 0 Å². The lowest BCUT2D eigenvalue weighted by atomic mass is 9.81. The van der Waals surface area contributed by atoms with Crippen molar-refractivity contribution >= 4 is 0 Å². The van der Waals surface area contributed by atoms with Crippen LogP contribution in [0.5, 0.6) is 0 Å². The van der Waals surface area contributed by atoms with E-state index in [2.05, 4.69) is 61.5 Å². The number of ether oxygens (including phenoxy) is 2. The molecule has 0 fully saturated rings. The molecule has 0 heterocycles. The number of rotatable bonds is 13. The molecule has 0 saturated carbocycles. The summed E-state index contributed by atoms with van der Waals surface area (Å²) < 4.78 is 12.5. The summed E-state index contributed by atoms with van der Waals surface area (Å²) in [7, 11) is 1.78. The van der Waals surface area contributed by atoms with Crippen LogP contribution in [-0.2, 0) is 15.3 Å². The first-order valence-corrected chi connectivity index (χ1v) is 10.6. The summed E-state index contributed by atoms with van der Waals surface area (Å²) >= 11 is 0. The van der Waals surface area contributed by atoms with Crippen molar-refractivity contribution in [1.29, 1.82) is 0 Å². The van der Waals surface area contributed by atoms with Crippen LogP contribution in [0.3, 0.4) is 0 Å². The van der Waals surface area contributed by atoms with Crippen LogP contribution < -0.4 is 0 Å². The molecule has 2 rings (SSSR count). The van der Waals surface area contributed by atoms with Crippen LogP contribution in [0.2, 0.25) is 0 Å². The lowest BCUT2D eigenvalue weighted by Gasteiger charge is -2.40. The molecule has 2 aromatic rings. The van der Waals surface area contributed by atoms with E-state index in [-0.39, 0.29) is 5.92 Å². The Morgan fingerprint density at radius 3 is 1.96 bits per heavy atom. The molecular formula is C25H36O2. The third kappa shape index (κ3) is 5.92. The van der Waals surface area contributed by atoms with Gasteiger partial charge in [-0.2, -0.15) is 0 Å². The molecule has 0 radical (unpaired) electrons. The highest BCUT2D eigenvalue weighted by Crippen LogP contribution is 2.44. The van der Waals surface area contributed by atoms with Crippen LogP contribution in [0.4, 0.5) is 0 Å². The van der Waals surface area contributed by atoms with Crippen LogP contribution >= 0.6 is 0 Å². The van der Waals surface area contributed by atoms with E-state index in [4.69, 9.17) is 9.47 Å². The number of benzene rings is 2. The van der Waals surface area contributed by atoms with Gasteiger partial charge in [0.15, 0.2) is 0 Å². The Balaban J connectivity index is 2.27. The molecule has 0 amide bonds. The van der Waals surface area contributed by atoms with Crippen LogP contribution in [0, 0.1) is 0 Å². The van der Waals surface area contributed by atoms with Crippen molar-refractivity contribution in [3.63, 3.8) is 0 Å². The summed E-state index contributed by atoms with van der Waals surface area (Å²) in [6.45, 7) is 4.92. The second kappa shape index (κ2) is 11.9. The van der Waals surface area contributed by atoms with Crippen molar-refractivity contribution in [2.24, 2.45) is 0 Å². The highest BCUT2D eigenvalue weighted by atomic mass is 16.7. The van der Waals surface area contributed by atoms with Crippen molar-refractivity contribution in [3.05, 3.63) is 71.8 Å². The van der Waals surface area contributed by atoms with Crippen molar-refractivity contribution in [1.82, 2.24) is 0 Å². The number of unbranched alkanes of at least 4 members (excludes halogenated alkanes) is 5. The van der Waals surface area contributed by atoms with E-state index in [1.54, 1.807) is 7.11 Å². The Kier molecular flexibility index (Phi) is 9.58. The molecule has 0 spiro atoms. The predicted octanol–water partition coefficient (Wildman–Crippen LogP) is 7.06. The predicted molar refractivity (Wildman–Crippen MR) is 114 cm³/mol. The van der Waals surface area contributed by atoms with Gasteiger partial charge in [-0.05, 0) is 18.9 Å². The van der Waals surface area contributed by atoms with Gasteiger partial charge in [0.25, 0.3) is 0 Å². The quantitative estimate of drug-likeness (QED) is 0.278. The van der Waals surface area contributed by atoms with Gasteiger partial charge in [-0.3, -0.25) is 0 Å². The summed E-state index contributed by atoms with van der Waals surface area (Å²) in [4.78, 5) is 0. The molecule has 0 aromatic heterocycles. The molecule has 2 nitrogen and oxygen atoms in total. The summed E-state index contributed by atoms with van der Waals surface area (Å²) in [5.74, 6) is -0.585. The molecule has 2 heteroatoms. The second-order valence-electron chi connectivity index (χ2n) is 7.19. The smallest absolute Gasteiger partial charge is 0.201 e. The molecule has 2 unspecified atom stereocenters. The molecule has 0 aliphatic heterocycles. The van der Waals surface area contributed by atoms with Gasteiger partial charge in [-0.15, -0.1) is 0 Å². The molecule has 0 saturated heterocycles. The summed E-state index contributed by atoms with van der Waals surface area (Å²) in [6.07, 6.45) is 8.80.